The predicted octanol–water partition coefficient (Wildman–Crippen LogP) is 1.92. The molecule has 1 fully saturated rings. The molecule has 0 spiro atoms. The average Bonchev–Trinajstić information content (AvgIpc) is 2.74. The zero-order valence-corrected chi connectivity index (χ0v) is 8.06. The molecule has 1 heterocycles. The number of hydrogen-bond acceptors (Lipinski definition) is 2. The lowest BCUT2D eigenvalue weighted by molar-refractivity contribution is 0.307. The molecule has 0 unspecified atom stereocenters. The molecule has 0 aliphatic carbocycles. The Labute approximate surface area is 83.7 Å². The van der Waals surface area contributed by atoms with Crippen LogP contribution < -0.4 is 0 Å². The molecular formula is C11H14N2O. The third kappa shape index (κ3) is 1.71. The van der Waals surface area contributed by atoms with E-state index in [1.807, 2.05) is 30.3 Å². The van der Waals surface area contributed by atoms with Crippen LogP contribution in [-0.4, -0.2) is 29.0 Å². The summed E-state index contributed by atoms with van der Waals surface area (Å²) in [5.74, 6) is 0.697. The molecule has 3 heteroatoms. The summed E-state index contributed by atoms with van der Waals surface area (Å²) in [5.41, 5.74) is 0.983. The van der Waals surface area contributed by atoms with Gasteiger partial charge in [0.25, 0.3) is 0 Å². The van der Waals surface area contributed by atoms with Crippen LogP contribution in [0.1, 0.15) is 18.4 Å². The summed E-state index contributed by atoms with van der Waals surface area (Å²) in [4.78, 5) is 2.12. The van der Waals surface area contributed by atoms with Crippen molar-refractivity contribution in [3.63, 3.8) is 0 Å². The minimum atomic E-state index is 0.697. The van der Waals surface area contributed by atoms with Gasteiger partial charge in [-0.25, -0.2) is 0 Å². The van der Waals surface area contributed by atoms with Crippen molar-refractivity contribution >= 4 is 5.84 Å². The molecule has 0 atom stereocenters. The van der Waals surface area contributed by atoms with Crippen molar-refractivity contribution in [1.29, 1.82) is 0 Å². The Morgan fingerprint density at radius 1 is 1.14 bits per heavy atom. The lowest BCUT2D eigenvalue weighted by Gasteiger charge is -2.18. The van der Waals surface area contributed by atoms with Crippen molar-refractivity contribution in [3.8, 4) is 0 Å². The van der Waals surface area contributed by atoms with Crippen LogP contribution in [0.15, 0.2) is 35.5 Å². The molecule has 3 nitrogen and oxygen atoms in total. The van der Waals surface area contributed by atoms with E-state index in [0.717, 1.165) is 18.7 Å². The molecule has 1 aliphatic rings. The first-order valence-electron chi connectivity index (χ1n) is 4.94. The van der Waals surface area contributed by atoms with Crippen LogP contribution >= 0.6 is 0 Å². The number of oxime groups is 1. The highest BCUT2D eigenvalue weighted by Gasteiger charge is 2.17. The van der Waals surface area contributed by atoms with Gasteiger partial charge in [-0.15, -0.1) is 0 Å². The molecule has 2 rings (SSSR count). The summed E-state index contributed by atoms with van der Waals surface area (Å²) in [5, 5.41) is 12.4. The minimum Gasteiger partial charge on any atom is -0.409 e. The van der Waals surface area contributed by atoms with Crippen LogP contribution in [0.2, 0.25) is 0 Å². The van der Waals surface area contributed by atoms with Crippen LogP contribution in [0.3, 0.4) is 0 Å². The van der Waals surface area contributed by atoms with Crippen molar-refractivity contribution in [2.24, 2.45) is 5.16 Å². The lowest BCUT2D eigenvalue weighted by Crippen LogP contribution is -2.28. The summed E-state index contributed by atoms with van der Waals surface area (Å²) in [6.07, 6.45) is 2.37. The summed E-state index contributed by atoms with van der Waals surface area (Å²) in [7, 11) is 0. The molecule has 1 aromatic rings. The highest BCUT2D eigenvalue weighted by atomic mass is 16.4. The maximum Gasteiger partial charge on any atom is 0.175 e. The third-order valence-corrected chi connectivity index (χ3v) is 2.53. The van der Waals surface area contributed by atoms with Gasteiger partial charge in [0.1, 0.15) is 0 Å². The van der Waals surface area contributed by atoms with Crippen molar-refractivity contribution in [1.82, 2.24) is 4.90 Å². The fourth-order valence-electron chi connectivity index (χ4n) is 1.82. The van der Waals surface area contributed by atoms with Gasteiger partial charge in [0.05, 0.1) is 0 Å². The lowest BCUT2D eigenvalue weighted by atomic mass is 10.2. The normalized spacial score (nSPS) is 17.4. The molecule has 1 saturated heterocycles. The second-order valence-corrected chi connectivity index (χ2v) is 3.48. The zero-order chi connectivity index (χ0) is 9.80. The fourth-order valence-corrected chi connectivity index (χ4v) is 1.82. The van der Waals surface area contributed by atoms with Crippen LogP contribution in [0.5, 0.6) is 0 Å². The standard InChI is InChI=1S/C11H14N2O/c14-12-11(13-8-4-5-9-13)10-6-2-1-3-7-10/h1-3,6-7,14H,4-5,8-9H2/b12-11-. The average molecular weight is 190 g/mol. The minimum absolute atomic E-state index is 0.697. The van der Waals surface area contributed by atoms with Crippen molar-refractivity contribution in [2.75, 3.05) is 13.1 Å². The Morgan fingerprint density at radius 3 is 2.36 bits per heavy atom. The quantitative estimate of drug-likeness (QED) is 0.318. The summed E-state index contributed by atoms with van der Waals surface area (Å²) in [6, 6.07) is 9.80. The topological polar surface area (TPSA) is 35.8 Å². The van der Waals surface area contributed by atoms with E-state index < -0.39 is 0 Å². The van der Waals surface area contributed by atoms with Gasteiger partial charge in [-0.1, -0.05) is 35.5 Å². The van der Waals surface area contributed by atoms with E-state index in [2.05, 4.69) is 10.1 Å². The molecule has 1 aliphatic heterocycles. The van der Waals surface area contributed by atoms with E-state index in [4.69, 9.17) is 5.21 Å². The number of hydrogen-bond donors (Lipinski definition) is 1. The van der Waals surface area contributed by atoms with Crippen LogP contribution in [-0.2, 0) is 0 Å². The van der Waals surface area contributed by atoms with E-state index in [1.165, 1.54) is 12.8 Å². The molecule has 0 radical (unpaired) electrons. The third-order valence-electron chi connectivity index (χ3n) is 2.53. The second kappa shape index (κ2) is 4.13. The smallest absolute Gasteiger partial charge is 0.175 e. The van der Waals surface area contributed by atoms with Crippen molar-refractivity contribution < 1.29 is 5.21 Å². The van der Waals surface area contributed by atoms with Gasteiger partial charge < -0.3 is 10.1 Å². The van der Waals surface area contributed by atoms with Gasteiger partial charge in [0, 0.05) is 18.7 Å². The monoisotopic (exact) mass is 190 g/mol. The highest BCUT2D eigenvalue weighted by Crippen LogP contribution is 2.13. The molecule has 0 saturated carbocycles. The van der Waals surface area contributed by atoms with Gasteiger partial charge in [-0.3, -0.25) is 0 Å². The Hall–Kier alpha value is -1.51. The molecule has 14 heavy (non-hydrogen) atoms. The van der Waals surface area contributed by atoms with Gasteiger partial charge in [-0.2, -0.15) is 0 Å². The zero-order valence-electron chi connectivity index (χ0n) is 8.06. The summed E-state index contributed by atoms with van der Waals surface area (Å²) < 4.78 is 0. The number of likely N-dealkylation sites (tertiary alicyclic amines) is 1. The van der Waals surface area contributed by atoms with Crippen molar-refractivity contribution in [2.45, 2.75) is 12.8 Å². The first-order valence-corrected chi connectivity index (χ1v) is 4.94. The van der Waals surface area contributed by atoms with Crippen molar-refractivity contribution in [3.05, 3.63) is 35.9 Å². The van der Waals surface area contributed by atoms with E-state index >= 15 is 0 Å². The van der Waals surface area contributed by atoms with Gasteiger partial charge in [0.15, 0.2) is 5.84 Å². The van der Waals surface area contributed by atoms with Gasteiger partial charge in [0.2, 0.25) is 0 Å². The maximum atomic E-state index is 8.99. The molecule has 0 bridgehead atoms. The van der Waals surface area contributed by atoms with E-state index in [1.54, 1.807) is 0 Å². The van der Waals surface area contributed by atoms with Gasteiger partial charge in [-0.05, 0) is 12.8 Å². The van der Waals surface area contributed by atoms with Crippen LogP contribution in [0.25, 0.3) is 0 Å². The highest BCUT2D eigenvalue weighted by molar-refractivity contribution is 5.98. The second-order valence-electron chi connectivity index (χ2n) is 3.48. The number of rotatable bonds is 1. The molecule has 0 aromatic heterocycles. The fraction of sp³-hybridized carbons (Fsp3) is 0.364. The summed E-state index contributed by atoms with van der Waals surface area (Å²) in [6.45, 7) is 1.99. The maximum absolute atomic E-state index is 8.99. The molecule has 0 amide bonds. The Bertz CT molecular complexity index is 315. The Balaban J connectivity index is 2.22. The molecule has 74 valence electrons. The van der Waals surface area contributed by atoms with E-state index in [-0.39, 0.29) is 0 Å². The van der Waals surface area contributed by atoms with Crippen LogP contribution in [0, 0.1) is 0 Å². The molecule has 1 N–H and O–H groups in total. The molecular weight excluding hydrogens is 176 g/mol. The number of benzene rings is 1. The number of amidine groups is 1. The number of nitrogens with zero attached hydrogens (tertiary/aromatic N) is 2. The first-order chi connectivity index (χ1) is 6.92. The Morgan fingerprint density at radius 2 is 1.79 bits per heavy atom. The van der Waals surface area contributed by atoms with E-state index in [0.29, 0.717) is 5.84 Å². The SMILES string of the molecule is O/N=C(/c1ccccc1)N1CCCC1. The van der Waals surface area contributed by atoms with E-state index in [9.17, 15) is 0 Å². The largest absolute Gasteiger partial charge is 0.409 e. The molecule has 1 aromatic carbocycles. The Kier molecular flexibility index (Phi) is 2.68. The van der Waals surface area contributed by atoms with Gasteiger partial charge >= 0.3 is 0 Å². The van der Waals surface area contributed by atoms with Crippen LogP contribution in [0.4, 0.5) is 0 Å². The first kappa shape index (κ1) is 9.06. The summed E-state index contributed by atoms with van der Waals surface area (Å²) >= 11 is 0. The predicted molar refractivity (Wildman–Crippen MR) is 55.6 cm³/mol.